The Morgan fingerprint density at radius 3 is 1.98 bits per heavy atom. The van der Waals surface area contributed by atoms with Gasteiger partial charge in [-0.05, 0) is 42.6 Å². The van der Waals surface area contributed by atoms with Crippen LogP contribution in [0.25, 0.3) is 0 Å². The summed E-state index contributed by atoms with van der Waals surface area (Å²) in [5.74, 6) is -4.51. The monoisotopic (exact) mass is 618 g/mol. The first-order chi connectivity index (χ1) is 20.5. The summed E-state index contributed by atoms with van der Waals surface area (Å²) in [6.07, 6.45) is 0.436. The van der Waals surface area contributed by atoms with Gasteiger partial charge >= 0.3 is 12.1 Å². The molecule has 0 fully saturated rings. The molecule has 1 rings (SSSR count). The van der Waals surface area contributed by atoms with Gasteiger partial charge in [-0.15, -0.1) is 0 Å². The molecule has 6 atom stereocenters. The number of amides is 4. The van der Waals surface area contributed by atoms with E-state index < -0.39 is 65.3 Å². The Morgan fingerprint density at radius 1 is 0.864 bits per heavy atom. The summed E-state index contributed by atoms with van der Waals surface area (Å²) < 4.78 is 5.28. The molecule has 0 aliphatic heterocycles. The van der Waals surface area contributed by atoms with Crippen molar-refractivity contribution in [2.45, 2.75) is 105 Å². The van der Waals surface area contributed by atoms with Crippen molar-refractivity contribution in [1.29, 1.82) is 0 Å². The van der Waals surface area contributed by atoms with E-state index in [4.69, 9.17) is 4.74 Å². The van der Waals surface area contributed by atoms with Crippen LogP contribution in [0.4, 0.5) is 4.79 Å². The van der Waals surface area contributed by atoms with Gasteiger partial charge in [0, 0.05) is 0 Å². The Morgan fingerprint density at radius 2 is 1.48 bits per heavy atom. The van der Waals surface area contributed by atoms with Crippen LogP contribution in [0.15, 0.2) is 30.3 Å². The maximum atomic E-state index is 13.5. The average molecular weight is 619 g/mol. The van der Waals surface area contributed by atoms with Crippen molar-refractivity contribution in [2.75, 3.05) is 0 Å². The fourth-order valence-electron chi connectivity index (χ4n) is 4.49. The van der Waals surface area contributed by atoms with Gasteiger partial charge in [-0.2, -0.15) is 0 Å². The number of benzene rings is 1. The Labute approximate surface area is 260 Å². The quantitative estimate of drug-likeness (QED) is 0.165. The zero-order chi connectivity index (χ0) is 33.6. The summed E-state index contributed by atoms with van der Waals surface area (Å²) >= 11 is 0. The van der Waals surface area contributed by atoms with Crippen LogP contribution in [0, 0.1) is 23.2 Å². The summed E-state index contributed by atoms with van der Waals surface area (Å²) in [7, 11) is 0. The van der Waals surface area contributed by atoms with Crippen molar-refractivity contribution in [2.24, 2.45) is 23.2 Å². The number of carboxylic acid groups (broad SMARTS) is 1. The van der Waals surface area contributed by atoms with E-state index in [1.54, 1.807) is 52.0 Å². The third kappa shape index (κ3) is 13.1. The molecule has 0 aliphatic rings. The van der Waals surface area contributed by atoms with Gasteiger partial charge in [0.25, 0.3) is 0 Å². The Hall–Kier alpha value is -3.96. The number of alkyl carbamates (subject to hydrolysis) is 1. The van der Waals surface area contributed by atoms with Crippen LogP contribution in [-0.4, -0.2) is 65.3 Å². The predicted octanol–water partition coefficient (Wildman–Crippen LogP) is 3.18. The van der Waals surface area contributed by atoms with Gasteiger partial charge in [0.15, 0.2) is 0 Å². The summed E-state index contributed by atoms with van der Waals surface area (Å²) in [5, 5.41) is 20.3. The number of aliphatic carboxylic acids is 1. The largest absolute Gasteiger partial charge is 0.481 e. The Balaban J connectivity index is 3.16. The highest BCUT2D eigenvalue weighted by Gasteiger charge is 2.38. The van der Waals surface area contributed by atoms with Gasteiger partial charge in [0.2, 0.25) is 17.7 Å². The molecular formula is C32H50N4O8. The number of hydrogen-bond donors (Lipinski definition) is 5. The molecule has 1 aromatic carbocycles. The lowest BCUT2D eigenvalue weighted by Gasteiger charge is -2.32. The molecule has 0 saturated heterocycles. The minimum Gasteiger partial charge on any atom is -0.481 e. The van der Waals surface area contributed by atoms with Crippen molar-refractivity contribution < 1.29 is 38.6 Å². The number of carboxylic acids is 1. The topological polar surface area (TPSA) is 180 Å². The Kier molecular flexibility index (Phi) is 15.6. The molecule has 6 unspecified atom stereocenters. The van der Waals surface area contributed by atoms with Gasteiger partial charge in [0.1, 0.15) is 31.0 Å². The zero-order valence-electron chi connectivity index (χ0n) is 27.1. The second-order valence-corrected chi connectivity index (χ2v) is 12.7. The molecule has 1 aromatic rings. The van der Waals surface area contributed by atoms with Gasteiger partial charge in [-0.3, -0.25) is 19.2 Å². The predicted molar refractivity (Wildman–Crippen MR) is 165 cm³/mol. The molecule has 0 bridgehead atoms. The highest BCUT2D eigenvalue weighted by atomic mass is 16.5. The number of rotatable bonds is 17. The van der Waals surface area contributed by atoms with E-state index >= 15 is 0 Å². The lowest BCUT2D eigenvalue weighted by Crippen LogP contribution is -2.58. The second-order valence-electron chi connectivity index (χ2n) is 12.7. The van der Waals surface area contributed by atoms with Crippen molar-refractivity contribution in [3.8, 4) is 0 Å². The van der Waals surface area contributed by atoms with E-state index in [-0.39, 0.29) is 24.9 Å². The van der Waals surface area contributed by atoms with Gasteiger partial charge in [0.05, 0.1) is 12.0 Å². The normalized spacial score (nSPS) is 15.5. The summed E-state index contributed by atoms with van der Waals surface area (Å²) in [6, 6.07) is 4.72. The lowest BCUT2D eigenvalue weighted by atomic mass is 9.77. The van der Waals surface area contributed by atoms with Crippen molar-refractivity contribution in [3.63, 3.8) is 0 Å². The first-order valence-electron chi connectivity index (χ1n) is 15.1. The van der Waals surface area contributed by atoms with Crippen LogP contribution in [0.1, 0.15) is 80.2 Å². The number of hydrogen-bond acceptors (Lipinski definition) is 7. The van der Waals surface area contributed by atoms with Crippen molar-refractivity contribution >= 4 is 36.1 Å². The number of carbonyl (C=O) groups excluding carboxylic acids is 5. The molecule has 0 aliphatic carbocycles. The van der Waals surface area contributed by atoms with E-state index in [2.05, 4.69) is 21.3 Å². The first-order valence-corrected chi connectivity index (χ1v) is 15.1. The second kappa shape index (κ2) is 18.0. The number of aldehydes is 1. The molecular weight excluding hydrogens is 568 g/mol. The minimum atomic E-state index is -1.36. The van der Waals surface area contributed by atoms with Crippen molar-refractivity contribution in [3.05, 3.63) is 35.9 Å². The van der Waals surface area contributed by atoms with E-state index in [1.807, 2.05) is 26.8 Å². The number of carbonyl (C=O) groups is 6. The number of ether oxygens (including phenoxy) is 1. The first kappa shape index (κ1) is 38.1. The van der Waals surface area contributed by atoms with Crippen LogP contribution < -0.4 is 21.3 Å². The van der Waals surface area contributed by atoms with E-state index in [0.29, 0.717) is 19.1 Å². The molecule has 0 heterocycles. The highest BCUT2D eigenvalue weighted by molar-refractivity contribution is 5.94. The maximum Gasteiger partial charge on any atom is 0.408 e. The molecule has 4 amide bonds. The maximum absolute atomic E-state index is 13.5. The van der Waals surface area contributed by atoms with Crippen LogP contribution >= 0.6 is 0 Å². The van der Waals surface area contributed by atoms with Gasteiger partial charge < -0.3 is 35.9 Å². The van der Waals surface area contributed by atoms with Crippen LogP contribution in [0.5, 0.6) is 0 Å². The van der Waals surface area contributed by atoms with Crippen LogP contribution in [0.3, 0.4) is 0 Å². The standard InChI is InChI=1S/C32H50N4O8/c1-9-20(4)26(36-31(43)44-18-22-13-11-10-12-14-22)29(40)35-25(16-24(30(41)42)32(6,7)8)28(39)33-21(5)27(38)34-23(17-37)15-19(2)3/h10-14,17,19-21,23-26H,9,15-16,18H2,1-8H3,(H,33,39)(H,34,38)(H,35,40)(H,36,43)(H,41,42). The summed E-state index contributed by atoms with van der Waals surface area (Å²) in [5.41, 5.74) is -0.0190. The molecule has 0 spiro atoms. The molecule has 44 heavy (non-hydrogen) atoms. The Bertz CT molecular complexity index is 1120. The molecule has 12 heteroatoms. The third-order valence-corrected chi connectivity index (χ3v) is 7.40. The minimum absolute atomic E-state index is 0.0134. The van der Waals surface area contributed by atoms with Crippen LogP contribution in [0.2, 0.25) is 0 Å². The van der Waals surface area contributed by atoms with Gasteiger partial charge in [-0.1, -0.05) is 85.2 Å². The molecule has 246 valence electrons. The summed E-state index contributed by atoms with van der Waals surface area (Å²) in [6.45, 7) is 13.9. The van der Waals surface area contributed by atoms with Gasteiger partial charge in [-0.25, -0.2) is 4.79 Å². The fourth-order valence-corrected chi connectivity index (χ4v) is 4.49. The van der Waals surface area contributed by atoms with E-state index in [0.717, 1.165) is 5.56 Å². The number of nitrogens with one attached hydrogen (secondary N) is 4. The molecule has 0 aromatic heterocycles. The molecule has 12 nitrogen and oxygen atoms in total. The fraction of sp³-hybridized carbons (Fsp3) is 0.625. The van der Waals surface area contributed by atoms with Crippen molar-refractivity contribution in [1.82, 2.24) is 21.3 Å². The molecule has 0 saturated carbocycles. The van der Waals surface area contributed by atoms with E-state index in [9.17, 15) is 33.9 Å². The zero-order valence-corrected chi connectivity index (χ0v) is 27.1. The third-order valence-electron chi connectivity index (χ3n) is 7.40. The molecule has 0 radical (unpaired) electrons. The average Bonchev–Trinajstić information content (AvgIpc) is 2.95. The SMILES string of the molecule is CCC(C)C(NC(=O)OCc1ccccc1)C(=O)NC(CC(C(=O)O)C(C)(C)C)C(=O)NC(C)C(=O)NC(C=O)CC(C)C. The molecule has 5 N–H and O–H groups in total. The lowest BCUT2D eigenvalue weighted by molar-refractivity contribution is -0.147. The highest BCUT2D eigenvalue weighted by Crippen LogP contribution is 2.30. The van der Waals surface area contributed by atoms with Crippen LogP contribution in [-0.2, 0) is 35.3 Å². The smallest absolute Gasteiger partial charge is 0.408 e. The summed E-state index contributed by atoms with van der Waals surface area (Å²) in [4.78, 5) is 76.0. The van der Waals surface area contributed by atoms with E-state index in [1.165, 1.54) is 6.92 Å².